The van der Waals surface area contributed by atoms with Crippen LogP contribution in [0.5, 0.6) is 17.2 Å². The molecular formula is C26H22ClN3O4S. The van der Waals surface area contributed by atoms with E-state index in [2.05, 4.69) is 10.3 Å². The lowest BCUT2D eigenvalue weighted by atomic mass is 10.2. The molecule has 0 radical (unpaired) electrons. The number of carbonyl (C=O) groups is 1. The van der Waals surface area contributed by atoms with Crippen LogP contribution in [0.15, 0.2) is 71.8 Å². The average molecular weight is 508 g/mol. The molecule has 0 bridgehead atoms. The van der Waals surface area contributed by atoms with E-state index in [1.165, 1.54) is 11.8 Å². The predicted octanol–water partition coefficient (Wildman–Crippen LogP) is 5.91. The normalized spacial score (nSPS) is 12.3. The molecule has 1 aromatic heterocycles. The number of fused-ring (bicyclic) bond motifs is 1. The molecule has 0 saturated heterocycles. The topological polar surface area (TPSA) is 85.5 Å². The summed E-state index contributed by atoms with van der Waals surface area (Å²) in [5.41, 5.74) is 3.31. The smallest absolute Gasteiger partial charge is 0.234 e. The number of methoxy groups -OCH3 is 1. The zero-order valence-corrected chi connectivity index (χ0v) is 20.4. The summed E-state index contributed by atoms with van der Waals surface area (Å²) in [5, 5.41) is 4.28. The van der Waals surface area contributed by atoms with Gasteiger partial charge in [-0.25, -0.2) is 4.98 Å². The molecule has 1 amide bonds. The molecule has 35 heavy (non-hydrogen) atoms. The van der Waals surface area contributed by atoms with Gasteiger partial charge in [-0.3, -0.25) is 4.79 Å². The number of nitrogens with one attached hydrogen (secondary N) is 2. The van der Waals surface area contributed by atoms with Gasteiger partial charge in [-0.15, -0.1) is 0 Å². The van der Waals surface area contributed by atoms with Crippen molar-refractivity contribution >= 4 is 35.0 Å². The number of aromatic amines is 1. The molecule has 178 valence electrons. The molecule has 4 aromatic rings. The van der Waals surface area contributed by atoms with Crippen molar-refractivity contribution in [2.24, 2.45) is 0 Å². The van der Waals surface area contributed by atoms with E-state index >= 15 is 0 Å². The van der Waals surface area contributed by atoms with Gasteiger partial charge in [0.05, 0.1) is 18.6 Å². The molecule has 7 nitrogen and oxygen atoms in total. The van der Waals surface area contributed by atoms with Crippen molar-refractivity contribution in [1.82, 2.24) is 9.97 Å². The van der Waals surface area contributed by atoms with Crippen molar-refractivity contribution in [1.29, 1.82) is 0 Å². The Bertz CT molecular complexity index is 1340. The first kappa shape index (κ1) is 23.1. The summed E-state index contributed by atoms with van der Waals surface area (Å²) < 4.78 is 16.4. The highest BCUT2D eigenvalue weighted by atomic mass is 35.5. The number of H-pyrrole nitrogens is 1. The van der Waals surface area contributed by atoms with Crippen molar-refractivity contribution in [3.8, 4) is 39.9 Å². The maximum absolute atomic E-state index is 12.7. The molecule has 0 fully saturated rings. The summed E-state index contributed by atoms with van der Waals surface area (Å²) in [6, 6.07) is 20.5. The van der Waals surface area contributed by atoms with E-state index in [1.807, 2.05) is 48.5 Å². The summed E-state index contributed by atoms with van der Waals surface area (Å²) >= 11 is 7.44. The molecule has 2 N–H and O–H groups in total. The minimum absolute atomic E-state index is 0.150. The number of aromatic nitrogens is 2. The Labute approximate surface area is 211 Å². The van der Waals surface area contributed by atoms with Crippen LogP contribution in [0.4, 0.5) is 5.69 Å². The average Bonchev–Trinajstić information content (AvgIpc) is 3.32. The standard InChI is InChI=1S/C26H22ClN3O4S/c1-32-20-9-4-17(5-10-20)25-29-24(16-2-6-18(27)7-3-16)26(30-25)35-15-23(31)28-19-8-11-21-22(14-19)34-13-12-33-21/h2-11,14H,12-13,15H2,1H3,(H,28,31)(H,29,30). The van der Waals surface area contributed by atoms with Crippen molar-refractivity contribution in [3.05, 3.63) is 71.8 Å². The molecular weight excluding hydrogens is 486 g/mol. The van der Waals surface area contributed by atoms with Gasteiger partial charge >= 0.3 is 0 Å². The van der Waals surface area contributed by atoms with Crippen LogP contribution in [0, 0.1) is 0 Å². The van der Waals surface area contributed by atoms with Crippen LogP contribution < -0.4 is 19.5 Å². The SMILES string of the molecule is COc1ccc(-c2nc(SCC(=O)Nc3ccc4c(c3)OCCO4)c(-c3ccc(Cl)cc3)[nH]2)cc1. The Balaban J connectivity index is 1.35. The minimum Gasteiger partial charge on any atom is -0.497 e. The lowest BCUT2D eigenvalue weighted by molar-refractivity contribution is -0.113. The number of ether oxygens (including phenoxy) is 3. The molecule has 1 aliphatic heterocycles. The van der Waals surface area contributed by atoms with Crippen LogP contribution >= 0.6 is 23.4 Å². The highest BCUT2D eigenvalue weighted by Gasteiger charge is 2.17. The molecule has 5 rings (SSSR count). The maximum Gasteiger partial charge on any atom is 0.234 e. The van der Waals surface area contributed by atoms with E-state index < -0.39 is 0 Å². The number of thioether (sulfide) groups is 1. The van der Waals surface area contributed by atoms with Crippen LogP contribution in [0.25, 0.3) is 22.6 Å². The Kier molecular flexibility index (Phi) is 6.83. The van der Waals surface area contributed by atoms with Crippen molar-refractivity contribution < 1.29 is 19.0 Å². The van der Waals surface area contributed by atoms with Crippen molar-refractivity contribution in [2.75, 3.05) is 31.4 Å². The molecule has 9 heteroatoms. The maximum atomic E-state index is 12.7. The quantitative estimate of drug-likeness (QED) is 0.302. The van der Waals surface area contributed by atoms with E-state index in [0.717, 1.165) is 27.6 Å². The molecule has 3 aromatic carbocycles. The monoisotopic (exact) mass is 507 g/mol. The summed E-state index contributed by atoms with van der Waals surface area (Å²) in [5.74, 6) is 2.81. The number of hydrogen-bond acceptors (Lipinski definition) is 6. The second-order valence-corrected chi connectivity index (χ2v) is 9.10. The summed E-state index contributed by atoms with van der Waals surface area (Å²) in [4.78, 5) is 20.9. The number of rotatable bonds is 7. The molecule has 0 unspecified atom stereocenters. The first-order chi connectivity index (χ1) is 17.1. The van der Waals surface area contributed by atoms with Gasteiger partial charge in [0.2, 0.25) is 5.91 Å². The highest BCUT2D eigenvalue weighted by Crippen LogP contribution is 2.35. The number of nitrogens with zero attached hydrogens (tertiary/aromatic N) is 1. The van der Waals surface area contributed by atoms with Crippen LogP contribution in [0.2, 0.25) is 5.02 Å². The second kappa shape index (κ2) is 10.3. The lowest BCUT2D eigenvalue weighted by Gasteiger charge is -2.18. The largest absolute Gasteiger partial charge is 0.497 e. The van der Waals surface area contributed by atoms with Gasteiger partial charge in [-0.2, -0.15) is 0 Å². The van der Waals surface area contributed by atoms with Gasteiger partial charge < -0.3 is 24.5 Å². The van der Waals surface area contributed by atoms with E-state index in [1.54, 1.807) is 25.3 Å². The van der Waals surface area contributed by atoms with Gasteiger partial charge in [-0.05, 0) is 48.5 Å². The molecule has 0 atom stereocenters. The third-order valence-electron chi connectivity index (χ3n) is 5.33. The number of benzene rings is 3. The van der Waals surface area contributed by atoms with E-state index in [4.69, 9.17) is 30.8 Å². The fourth-order valence-electron chi connectivity index (χ4n) is 3.61. The van der Waals surface area contributed by atoms with Crippen LogP contribution in [0.1, 0.15) is 0 Å². The van der Waals surface area contributed by atoms with E-state index in [9.17, 15) is 4.79 Å². The van der Waals surface area contributed by atoms with Crippen molar-refractivity contribution in [2.45, 2.75) is 5.03 Å². The number of carbonyl (C=O) groups excluding carboxylic acids is 1. The molecule has 0 saturated carbocycles. The van der Waals surface area contributed by atoms with E-state index in [-0.39, 0.29) is 11.7 Å². The third-order valence-corrected chi connectivity index (χ3v) is 6.56. The van der Waals surface area contributed by atoms with Gasteiger partial charge in [0.15, 0.2) is 11.5 Å². The Morgan fingerprint density at radius 3 is 2.49 bits per heavy atom. The number of imidazole rings is 1. The number of amides is 1. The van der Waals surface area contributed by atoms with Crippen LogP contribution in [-0.4, -0.2) is 42.0 Å². The number of hydrogen-bond donors (Lipinski definition) is 2. The fraction of sp³-hybridized carbons (Fsp3) is 0.154. The first-order valence-electron chi connectivity index (χ1n) is 10.9. The zero-order valence-electron chi connectivity index (χ0n) is 18.8. The summed E-state index contributed by atoms with van der Waals surface area (Å²) in [7, 11) is 1.63. The van der Waals surface area contributed by atoms with E-state index in [0.29, 0.717) is 41.2 Å². The van der Waals surface area contributed by atoms with Crippen LogP contribution in [-0.2, 0) is 4.79 Å². The minimum atomic E-state index is -0.150. The first-order valence-corrected chi connectivity index (χ1v) is 12.3. The van der Waals surface area contributed by atoms with Gasteiger partial charge in [0.1, 0.15) is 29.8 Å². The molecule has 1 aliphatic rings. The molecule has 0 aliphatic carbocycles. The Hall–Kier alpha value is -3.62. The summed E-state index contributed by atoms with van der Waals surface area (Å²) in [6.45, 7) is 1.01. The highest BCUT2D eigenvalue weighted by molar-refractivity contribution is 8.00. The van der Waals surface area contributed by atoms with Crippen molar-refractivity contribution in [3.63, 3.8) is 0 Å². The van der Waals surface area contributed by atoms with Gasteiger partial charge in [0, 0.05) is 27.9 Å². The second-order valence-electron chi connectivity index (χ2n) is 7.70. The molecule has 0 spiro atoms. The Morgan fingerprint density at radius 1 is 1.03 bits per heavy atom. The predicted molar refractivity (Wildman–Crippen MR) is 138 cm³/mol. The lowest BCUT2D eigenvalue weighted by Crippen LogP contribution is -2.17. The third kappa shape index (κ3) is 5.39. The van der Waals surface area contributed by atoms with Gasteiger partial charge in [-0.1, -0.05) is 35.5 Å². The fourth-order valence-corrected chi connectivity index (χ4v) is 4.55. The number of anilines is 1. The Morgan fingerprint density at radius 2 is 1.74 bits per heavy atom. The number of halogens is 1. The molecule has 2 heterocycles. The zero-order chi connectivity index (χ0) is 24.2. The van der Waals surface area contributed by atoms with Crippen LogP contribution in [0.3, 0.4) is 0 Å². The summed E-state index contributed by atoms with van der Waals surface area (Å²) in [6.07, 6.45) is 0. The van der Waals surface area contributed by atoms with Gasteiger partial charge in [0.25, 0.3) is 0 Å².